The van der Waals surface area contributed by atoms with Crippen molar-refractivity contribution in [1.29, 1.82) is 0 Å². The number of hydrogen-bond acceptors (Lipinski definition) is 3. The molecule has 0 amide bonds. The van der Waals surface area contributed by atoms with Gasteiger partial charge in [-0.1, -0.05) is 63.1 Å². The molecule has 0 saturated heterocycles. The lowest BCUT2D eigenvalue weighted by Gasteiger charge is -2.44. The minimum Gasteiger partial charge on any atom is -0.508 e. The molecule has 2 aromatic rings. The SMILES string of the molecule is CC[C@H]1CC(c2ccc(Cl)c(Cc3ccc(O)cc3)c2)[C@H](OC(C)=O)[C@@H](C)[C@@H]1C. The van der Waals surface area contributed by atoms with Crippen molar-refractivity contribution in [2.24, 2.45) is 17.8 Å². The van der Waals surface area contributed by atoms with Gasteiger partial charge in [-0.2, -0.15) is 0 Å². The van der Waals surface area contributed by atoms with Gasteiger partial charge < -0.3 is 9.84 Å². The van der Waals surface area contributed by atoms with Gasteiger partial charge in [-0.05, 0) is 65.5 Å². The first-order valence-corrected chi connectivity index (χ1v) is 10.9. The Hall–Kier alpha value is -2.00. The average Bonchev–Trinajstić information content (AvgIpc) is 2.69. The summed E-state index contributed by atoms with van der Waals surface area (Å²) in [6, 6.07) is 13.4. The molecule has 2 aromatic carbocycles. The summed E-state index contributed by atoms with van der Waals surface area (Å²) in [6.45, 7) is 8.23. The summed E-state index contributed by atoms with van der Waals surface area (Å²) in [7, 11) is 0. The van der Waals surface area contributed by atoms with E-state index < -0.39 is 0 Å². The number of rotatable bonds is 5. The number of phenols is 1. The lowest BCUT2D eigenvalue weighted by Crippen LogP contribution is -2.42. The molecule has 1 aliphatic rings. The van der Waals surface area contributed by atoms with Crippen LogP contribution >= 0.6 is 11.6 Å². The summed E-state index contributed by atoms with van der Waals surface area (Å²) in [6.07, 6.45) is 2.72. The highest BCUT2D eigenvalue weighted by molar-refractivity contribution is 6.31. The van der Waals surface area contributed by atoms with E-state index in [9.17, 15) is 9.90 Å². The normalized spacial score (nSPS) is 26.9. The monoisotopic (exact) mass is 414 g/mol. The van der Waals surface area contributed by atoms with Crippen LogP contribution in [0, 0.1) is 17.8 Å². The van der Waals surface area contributed by atoms with Crippen molar-refractivity contribution < 1.29 is 14.6 Å². The number of benzene rings is 2. The number of phenolic OH excluding ortho intramolecular Hbond substituents is 1. The summed E-state index contributed by atoms with van der Waals surface area (Å²) in [5.41, 5.74) is 3.33. The molecule has 3 nitrogen and oxygen atoms in total. The number of esters is 1. The highest BCUT2D eigenvalue weighted by Gasteiger charge is 2.42. The van der Waals surface area contributed by atoms with Gasteiger partial charge in [0.25, 0.3) is 0 Å². The fourth-order valence-electron chi connectivity index (χ4n) is 4.81. The van der Waals surface area contributed by atoms with E-state index in [0.29, 0.717) is 24.2 Å². The van der Waals surface area contributed by atoms with E-state index in [1.807, 2.05) is 18.2 Å². The van der Waals surface area contributed by atoms with Gasteiger partial charge in [0, 0.05) is 17.9 Å². The van der Waals surface area contributed by atoms with Gasteiger partial charge in [0.15, 0.2) is 0 Å². The van der Waals surface area contributed by atoms with Crippen LogP contribution in [0.1, 0.15) is 63.1 Å². The molecule has 1 saturated carbocycles. The molecular weight excluding hydrogens is 384 g/mol. The molecule has 0 spiro atoms. The predicted octanol–water partition coefficient (Wildman–Crippen LogP) is 6.35. The van der Waals surface area contributed by atoms with Crippen LogP contribution in [-0.2, 0) is 16.0 Å². The summed E-state index contributed by atoms with van der Waals surface area (Å²) in [5.74, 6) is 1.65. The van der Waals surface area contributed by atoms with Crippen LogP contribution in [0.15, 0.2) is 42.5 Å². The molecule has 0 bridgehead atoms. The molecule has 156 valence electrons. The fraction of sp³-hybridized carbons (Fsp3) is 0.480. The standard InChI is InChI=1S/C25H31ClO3/c1-5-19-14-23(25(29-17(4)27)16(3)15(19)2)20-8-11-24(26)21(13-20)12-18-6-9-22(28)10-7-18/h6-11,13,15-16,19,23,25,28H,5,12,14H2,1-4H3/t15-,16-,19-,23?,25+/m0/s1. The summed E-state index contributed by atoms with van der Waals surface area (Å²) in [5, 5.41) is 10.3. The van der Waals surface area contributed by atoms with Gasteiger partial charge in [0.05, 0.1) is 0 Å². The Morgan fingerprint density at radius 3 is 2.45 bits per heavy atom. The van der Waals surface area contributed by atoms with Crippen molar-refractivity contribution in [2.75, 3.05) is 0 Å². The quantitative estimate of drug-likeness (QED) is 0.579. The van der Waals surface area contributed by atoms with Gasteiger partial charge in [-0.25, -0.2) is 0 Å². The minimum atomic E-state index is -0.215. The molecule has 0 heterocycles. The molecule has 0 aromatic heterocycles. The van der Waals surface area contributed by atoms with Gasteiger partial charge in [-0.15, -0.1) is 0 Å². The third kappa shape index (κ3) is 4.95. The van der Waals surface area contributed by atoms with E-state index in [2.05, 4.69) is 32.9 Å². The Labute approximate surface area is 179 Å². The molecule has 1 aliphatic carbocycles. The van der Waals surface area contributed by atoms with Crippen molar-refractivity contribution >= 4 is 17.6 Å². The second-order valence-electron chi connectivity index (χ2n) is 8.50. The summed E-state index contributed by atoms with van der Waals surface area (Å²) in [4.78, 5) is 11.8. The number of aromatic hydroxyl groups is 1. The molecule has 4 heteroatoms. The van der Waals surface area contributed by atoms with E-state index >= 15 is 0 Å². The predicted molar refractivity (Wildman–Crippen MR) is 117 cm³/mol. The van der Waals surface area contributed by atoms with Crippen LogP contribution < -0.4 is 0 Å². The van der Waals surface area contributed by atoms with Gasteiger partial charge in [0.1, 0.15) is 11.9 Å². The fourth-order valence-corrected chi connectivity index (χ4v) is 4.99. The first-order chi connectivity index (χ1) is 13.8. The van der Waals surface area contributed by atoms with Gasteiger partial charge in [0.2, 0.25) is 0 Å². The Morgan fingerprint density at radius 1 is 1.14 bits per heavy atom. The van der Waals surface area contributed by atoms with E-state index in [4.69, 9.17) is 16.3 Å². The number of carbonyl (C=O) groups excluding carboxylic acids is 1. The van der Waals surface area contributed by atoms with Crippen LogP contribution in [0.25, 0.3) is 0 Å². The second kappa shape index (κ2) is 9.21. The zero-order valence-corrected chi connectivity index (χ0v) is 18.4. The zero-order chi connectivity index (χ0) is 21.1. The summed E-state index contributed by atoms with van der Waals surface area (Å²) < 4.78 is 5.84. The average molecular weight is 415 g/mol. The Kier molecular flexibility index (Phi) is 6.89. The first-order valence-electron chi connectivity index (χ1n) is 10.5. The third-order valence-electron chi connectivity index (χ3n) is 6.70. The van der Waals surface area contributed by atoms with E-state index in [-0.39, 0.29) is 23.7 Å². The summed E-state index contributed by atoms with van der Waals surface area (Å²) >= 11 is 6.51. The third-order valence-corrected chi connectivity index (χ3v) is 7.07. The molecule has 1 fully saturated rings. The molecule has 0 radical (unpaired) electrons. The van der Waals surface area contributed by atoms with Gasteiger partial charge in [-0.3, -0.25) is 4.79 Å². The number of carbonyl (C=O) groups is 1. The van der Waals surface area contributed by atoms with E-state index in [1.54, 1.807) is 12.1 Å². The topological polar surface area (TPSA) is 46.5 Å². The van der Waals surface area contributed by atoms with Crippen LogP contribution in [0.5, 0.6) is 5.75 Å². The molecule has 29 heavy (non-hydrogen) atoms. The number of hydrogen-bond donors (Lipinski definition) is 1. The van der Waals surface area contributed by atoms with Crippen molar-refractivity contribution in [3.05, 3.63) is 64.2 Å². The molecule has 1 N–H and O–H groups in total. The van der Waals surface area contributed by atoms with Crippen molar-refractivity contribution in [3.8, 4) is 5.75 Å². The Balaban J connectivity index is 1.93. The molecule has 1 unspecified atom stereocenters. The molecular formula is C25H31ClO3. The van der Waals surface area contributed by atoms with Gasteiger partial charge >= 0.3 is 5.97 Å². The smallest absolute Gasteiger partial charge is 0.302 e. The first kappa shape index (κ1) is 21.7. The lowest BCUT2D eigenvalue weighted by molar-refractivity contribution is -0.155. The molecule has 5 atom stereocenters. The van der Waals surface area contributed by atoms with E-state index in [1.165, 1.54) is 12.5 Å². The maximum absolute atomic E-state index is 11.8. The minimum absolute atomic E-state index is 0.118. The molecule has 3 rings (SSSR count). The Bertz CT molecular complexity index is 846. The largest absolute Gasteiger partial charge is 0.508 e. The molecule has 0 aliphatic heterocycles. The lowest BCUT2D eigenvalue weighted by atomic mass is 9.64. The highest BCUT2D eigenvalue weighted by Crippen LogP contribution is 2.46. The highest BCUT2D eigenvalue weighted by atomic mass is 35.5. The van der Waals surface area contributed by atoms with Crippen molar-refractivity contribution in [2.45, 2.75) is 59.0 Å². The number of halogens is 1. The van der Waals surface area contributed by atoms with Crippen LogP contribution in [0.3, 0.4) is 0 Å². The number of ether oxygens (including phenoxy) is 1. The maximum atomic E-state index is 11.8. The maximum Gasteiger partial charge on any atom is 0.302 e. The van der Waals surface area contributed by atoms with Crippen molar-refractivity contribution in [3.63, 3.8) is 0 Å². The van der Waals surface area contributed by atoms with Crippen molar-refractivity contribution in [1.82, 2.24) is 0 Å². The zero-order valence-electron chi connectivity index (χ0n) is 17.7. The van der Waals surface area contributed by atoms with Crippen LogP contribution in [0.4, 0.5) is 0 Å². The Morgan fingerprint density at radius 2 is 1.83 bits per heavy atom. The van der Waals surface area contributed by atoms with E-state index in [0.717, 1.165) is 29.0 Å². The van der Waals surface area contributed by atoms with Crippen LogP contribution in [0.2, 0.25) is 5.02 Å². The van der Waals surface area contributed by atoms with Crippen LogP contribution in [-0.4, -0.2) is 17.2 Å². The second-order valence-corrected chi connectivity index (χ2v) is 8.90.